The Morgan fingerprint density at radius 3 is 2.78 bits per heavy atom. The molecule has 0 aromatic heterocycles. The van der Waals surface area contributed by atoms with Crippen LogP contribution in [0.1, 0.15) is 30.4 Å². The number of carbonyl (C=O) groups is 1. The van der Waals surface area contributed by atoms with Crippen LogP contribution in [0.15, 0.2) is 24.8 Å². The molecule has 0 radical (unpaired) electrons. The Morgan fingerprint density at radius 1 is 1.33 bits per heavy atom. The maximum absolute atomic E-state index is 12.6. The summed E-state index contributed by atoms with van der Waals surface area (Å²) in [5.74, 6) is 0.528. The molecule has 2 aliphatic heterocycles. The van der Waals surface area contributed by atoms with E-state index >= 15 is 0 Å². The molecule has 2 heterocycles. The molecule has 1 aromatic carbocycles. The molecule has 2 aliphatic carbocycles. The summed E-state index contributed by atoms with van der Waals surface area (Å²) in [5.41, 5.74) is 0.256. The van der Waals surface area contributed by atoms with Gasteiger partial charge in [0.2, 0.25) is 0 Å². The van der Waals surface area contributed by atoms with E-state index in [1.807, 2.05) is 12.1 Å². The monoisotopic (exact) mass is 399 g/mol. The van der Waals surface area contributed by atoms with Crippen molar-refractivity contribution in [3.8, 4) is 11.5 Å². The second-order valence-corrected chi connectivity index (χ2v) is 7.56. The number of ether oxygens (including phenoxy) is 1. The second kappa shape index (κ2) is 6.76. The lowest BCUT2D eigenvalue weighted by atomic mass is 9.49. The van der Waals surface area contributed by atoms with Gasteiger partial charge < -0.3 is 25.9 Å². The predicted molar refractivity (Wildman–Crippen MR) is 102 cm³/mol. The van der Waals surface area contributed by atoms with Crippen molar-refractivity contribution in [2.45, 2.75) is 48.8 Å². The first-order valence-corrected chi connectivity index (χ1v) is 8.65. The Bertz CT molecular complexity index is 786. The number of likely N-dealkylation sites (tertiary alicyclic amines) is 1. The van der Waals surface area contributed by atoms with Gasteiger partial charge in [-0.1, -0.05) is 12.1 Å². The number of halogens is 1. The highest BCUT2D eigenvalue weighted by atomic mass is 35.5. The van der Waals surface area contributed by atoms with Crippen molar-refractivity contribution in [2.75, 3.05) is 13.1 Å². The van der Waals surface area contributed by atoms with Crippen LogP contribution in [0.4, 0.5) is 0 Å². The summed E-state index contributed by atoms with van der Waals surface area (Å²) in [7, 11) is 0. The maximum Gasteiger partial charge on any atom is 0.174 e. The van der Waals surface area contributed by atoms with Crippen molar-refractivity contribution >= 4 is 18.2 Å². The van der Waals surface area contributed by atoms with Crippen molar-refractivity contribution in [1.29, 1.82) is 0 Å². The quantitative estimate of drug-likeness (QED) is 0.679. The van der Waals surface area contributed by atoms with Crippen molar-refractivity contribution < 1.29 is 30.7 Å². The highest BCUT2D eigenvalue weighted by Crippen LogP contribution is 2.64. The molecule has 0 amide bonds. The minimum absolute atomic E-state index is 0. The van der Waals surface area contributed by atoms with Gasteiger partial charge in [-0.05, 0) is 30.9 Å². The molecule has 1 unspecified atom stereocenters. The molecule has 1 saturated carbocycles. The molecule has 4 atom stereocenters. The molecule has 1 spiro atoms. The number of piperidine rings is 1. The van der Waals surface area contributed by atoms with Crippen LogP contribution in [-0.4, -0.2) is 62.7 Å². The molecule has 1 aromatic rings. The number of hydrogen-bond acceptors (Lipinski definition) is 5. The summed E-state index contributed by atoms with van der Waals surface area (Å²) in [6.07, 6.45) is 3.35. The van der Waals surface area contributed by atoms with Crippen LogP contribution >= 0.6 is 12.4 Å². The standard InChI is InChI=1S/C19H21NO4.ClH.2H2O/c1-2-8-20-9-7-18-15-11-3-4-12(21)16(15)24-17(18)13(22)5-6-19(18,23)14(20)10-11;;;/h2-4,14,17,21,23H,1,5-10H2;1H;2*1H2/t14-,17?,18+,19-;;;/m1.../s1. The summed E-state index contributed by atoms with van der Waals surface area (Å²) in [4.78, 5) is 14.9. The van der Waals surface area contributed by atoms with E-state index in [2.05, 4.69) is 11.5 Å². The summed E-state index contributed by atoms with van der Waals surface area (Å²) in [6, 6.07) is 3.52. The zero-order valence-electron chi connectivity index (χ0n) is 14.9. The molecule has 2 bridgehead atoms. The number of ketones is 1. The smallest absolute Gasteiger partial charge is 0.174 e. The Labute approximate surface area is 163 Å². The number of carbonyl (C=O) groups excluding carboxylic acids is 1. The lowest BCUT2D eigenvalue weighted by molar-refractivity contribution is -0.187. The van der Waals surface area contributed by atoms with E-state index in [0.717, 1.165) is 24.2 Å². The summed E-state index contributed by atoms with van der Waals surface area (Å²) in [6.45, 7) is 5.36. The third kappa shape index (κ3) is 2.26. The lowest BCUT2D eigenvalue weighted by Crippen LogP contribution is -2.76. The topological polar surface area (TPSA) is 133 Å². The number of aromatic hydroxyl groups is 1. The fraction of sp³-hybridized carbons (Fsp3) is 0.526. The molecule has 6 N–H and O–H groups in total. The van der Waals surface area contributed by atoms with Gasteiger partial charge in [-0.3, -0.25) is 9.69 Å². The van der Waals surface area contributed by atoms with Gasteiger partial charge in [-0.25, -0.2) is 0 Å². The molecule has 7 nitrogen and oxygen atoms in total. The highest BCUT2D eigenvalue weighted by Gasteiger charge is 2.72. The normalized spacial score (nSPS) is 34.9. The van der Waals surface area contributed by atoms with Crippen LogP contribution < -0.4 is 4.74 Å². The van der Waals surface area contributed by atoms with Crippen molar-refractivity contribution in [3.05, 3.63) is 35.9 Å². The number of phenols is 1. The third-order valence-electron chi connectivity index (χ3n) is 6.73. The number of rotatable bonds is 2. The van der Waals surface area contributed by atoms with Crippen LogP contribution in [0.25, 0.3) is 0 Å². The van der Waals surface area contributed by atoms with E-state index in [4.69, 9.17) is 4.74 Å². The molecule has 4 aliphatic rings. The average molecular weight is 400 g/mol. The van der Waals surface area contributed by atoms with E-state index in [9.17, 15) is 15.0 Å². The van der Waals surface area contributed by atoms with E-state index in [0.29, 0.717) is 31.4 Å². The molecule has 5 rings (SSSR count). The fourth-order valence-electron chi connectivity index (χ4n) is 5.80. The molecule has 150 valence electrons. The van der Waals surface area contributed by atoms with Crippen molar-refractivity contribution in [1.82, 2.24) is 4.90 Å². The number of Topliss-reactive ketones (excluding diaryl/α,β-unsaturated/α-hetero) is 1. The molecule has 1 saturated heterocycles. The van der Waals surface area contributed by atoms with Crippen LogP contribution in [0, 0.1) is 0 Å². The van der Waals surface area contributed by atoms with Gasteiger partial charge in [-0.2, -0.15) is 0 Å². The van der Waals surface area contributed by atoms with Crippen LogP contribution in [0.3, 0.4) is 0 Å². The zero-order valence-corrected chi connectivity index (χ0v) is 15.7. The average Bonchev–Trinajstić information content (AvgIpc) is 2.91. The van der Waals surface area contributed by atoms with Gasteiger partial charge in [0.15, 0.2) is 23.4 Å². The van der Waals surface area contributed by atoms with E-state index in [-0.39, 0.29) is 40.9 Å². The third-order valence-corrected chi connectivity index (χ3v) is 6.73. The fourth-order valence-corrected chi connectivity index (χ4v) is 5.80. The van der Waals surface area contributed by atoms with Crippen LogP contribution in [0.5, 0.6) is 11.5 Å². The Hall–Kier alpha value is -1.64. The van der Waals surface area contributed by atoms with Gasteiger partial charge in [0.05, 0.1) is 11.0 Å². The summed E-state index contributed by atoms with van der Waals surface area (Å²) in [5, 5.41) is 22.1. The maximum atomic E-state index is 12.6. The Balaban J connectivity index is 0.000000871. The molecular formula is C19H26ClNO6. The van der Waals surface area contributed by atoms with Crippen LogP contribution in [-0.2, 0) is 16.6 Å². The predicted octanol–water partition coefficient (Wildman–Crippen LogP) is 0.0738. The molecule has 27 heavy (non-hydrogen) atoms. The highest BCUT2D eigenvalue weighted by molar-refractivity contribution is 5.90. The first kappa shape index (κ1) is 21.7. The SMILES string of the molecule is C=CCN1CC[C@]23c4c5ccc(O)c4OC2C(=O)CC[C@@]3(O)[C@H]1C5.Cl.O.O. The number of phenolic OH excluding ortho intramolecular Hbond substituents is 1. The minimum atomic E-state index is -1.00. The van der Waals surface area contributed by atoms with Gasteiger partial charge in [0.25, 0.3) is 0 Å². The summed E-state index contributed by atoms with van der Waals surface area (Å²) >= 11 is 0. The van der Waals surface area contributed by atoms with E-state index in [1.54, 1.807) is 6.07 Å². The number of hydrogen-bond donors (Lipinski definition) is 2. The van der Waals surface area contributed by atoms with Crippen molar-refractivity contribution in [3.63, 3.8) is 0 Å². The first-order chi connectivity index (χ1) is 11.5. The number of nitrogens with zero attached hydrogens (tertiary/aromatic N) is 1. The minimum Gasteiger partial charge on any atom is -0.504 e. The molecule has 8 heteroatoms. The Morgan fingerprint density at radius 2 is 2.07 bits per heavy atom. The van der Waals surface area contributed by atoms with Gasteiger partial charge in [0.1, 0.15) is 0 Å². The molecular weight excluding hydrogens is 374 g/mol. The largest absolute Gasteiger partial charge is 0.504 e. The Kier molecular flexibility index (Phi) is 5.42. The van der Waals surface area contributed by atoms with Gasteiger partial charge >= 0.3 is 0 Å². The second-order valence-electron chi connectivity index (χ2n) is 7.56. The number of aliphatic hydroxyl groups is 1. The first-order valence-electron chi connectivity index (χ1n) is 8.65. The molecule has 2 fully saturated rings. The van der Waals surface area contributed by atoms with E-state index in [1.165, 1.54) is 0 Å². The van der Waals surface area contributed by atoms with Gasteiger partial charge in [0, 0.05) is 31.1 Å². The lowest BCUT2D eigenvalue weighted by Gasteiger charge is -2.62. The van der Waals surface area contributed by atoms with E-state index < -0.39 is 17.1 Å². The van der Waals surface area contributed by atoms with Crippen LogP contribution in [0.2, 0.25) is 0 Å². The summed E-state index contributed by atoms with van der Waals surface area (Å²) < 4.78 is 5.98. The van der Waals surface area contributed by atoms with Gasteiger partial charge in [-0.15, -0.1) is 19.0 Å². The van der Waals surface area contributed by atoms with Crippen molar-refractivity contribution in [2.24, 2.45) is 0 Å². The zero-order chi connectivity index (χ0) is 16.7. The number of benzene rings is 1.